The molecule has 0 fully saturated rings. The molecular formula is C30H36ClN3O4S. The van der Waals surface area contributed by atoms with Crippen LogP contribution in [0.5, 0.6) is 0 Å². The molecule has 0 spiro atoms. The molecular weight excluding hydrogens is 534 g/mol. The number of anilines is 1. The normalized spacial score (nSPS) is 12.1. The number of carbonyl (C=O) groups is 2. The van der Waals surface area contributed by atoms with Crippen LogP contribution in [0, 0.1) is 20.8 Å². The Morgan fingerprint density at radius 2 is 1.54 bits per heavy atom. The maximum absolute atomic E-state index is 14.0. The fourth-order valence-corrected chi connectivity index (χ4v) is 5.78. The van der Waals surface area contributed by atoms with E-state index >= 15 is 0 Å². The molecule has 0 radical (unpaired) electrons. The minimum Gasteiger partial charge on any atom is -0.355 e. The average molecular weight is 570 g/mol. The molecule has 0 bridgehead atoms. The molecule has 0 aliphatic carbocycles. The lowest BCUT2D eigenvalue weighted by Gasteiger charge is -2.33. The summed E-state index contributed by atoms with van der Waals surface area (Å²) >= 11 is 6.01. The fourth-order valence-electron chi connectivity index (χ4n) is 4.24. The third kappa shape index (κ3) is 7.40. The Morgan fingerprint density at radius 3 is 2.10 bits per heavy atom. The van der Waals surface area contributed by atoms with Gasteiger partial charge in [-0.2, -0.15) is 0 Å². The first-order valence-electron chi connectivity index (χ1n) is 13.0. The van der Waals surface area contributed by atoms with Crippen LogP contribution >= 0.6 is 11.6 Å². The quantitative estimate of drug-likeness (QED) is 0.335. The number of sulfonamides is 1. The second-order valence-corrected chi connectivity index (χ2v) is 11.9. The maximum Gasteiger partial charge on any atom is 0.264 e. The lowest BCUT2D eigenvalue weighted by atomic mass is 10.1. The highest BCUT2D eigenvalue weighted by atomic mass is 35.5. The molecule has 0 aliphatic heterocycles. The lowest BCUT2D eigenvalue weighted by molar-refractivity contribution is -0.140. The van der Waals surface area contributed by atoms with Gasteiger partial charge in [-0.15, -0.1) is 0 Å². The summed E-state index contributed by atoms with van der Waals surface area (Å²) in [6.07, 6.45) is 0.372. The molecule has 1 N–H and O–H groups in total. The number of likely N-dealkylation sites (N-methyl/N-ethyl adjacent to an activating group) is 1. The maximum atomic E-state index is 14.0. The predicted molar refractivity (Wildman–Crippen MR) is 156 cm³/mol. The van der Waals surface area contributed by atoms with Gasteiger partial charge in [0.05, 0.1) is 10.6 Å². The predicted octanol–water partition coefficient (Wildman–Crippen LogP) is 5.40. The van der Waals surface area contributed by atoms with E-state index < -0.39 is 28.5 Å². The van der Waals surface area contributed by atoms with Crippen molar-refractivity contribution in [3.63, 3.8) is 0 Å². The van der Waals surface area contributed by atoms with Crippen LogP contribution in [0.1, 0.15) is 42.5 Å². The molecule has 0 heterocycles. The molecule has 7 nitrogen and oxygen atoms in total. The minimum atomic E-state index is -4.14. The van der Waals surface area contributed by atoms with E-state index in [9.17, 15) is 18.0 Å². The number of hydrogen-bond donors (Lipinski definition) is 1. The summed E-state index contributed by atoms with van der Waals surface area (Å²) in [6, 6.07) is 18.0. The molecule has 0 aliphatic rings. The van der Waals surface area contributed by atoms with Crippen LogP contribution in [0.2, 0.25) is 5.02 Å². The molecule has 1 atom stereocenters. The first-order valence-corrected chi connectivity index (χ1v) is 14.8. The van der Waals surface area contributed by atoms with Gasteiger partial charge in [-0.25, -0.2) is 8.42 Å². The molecule has 3 rings (SSSR count). The number of halogens is 1. The summed E-state index contributed by atoms with van der Waals surface area (Å²) in [5, 5.41) is 3.21. The van der Waals surface area contributed by atoms with Gasteiger partial charge in [0.25, 0.3) is 10.0 Å². The topological polar surface area (TPSA) is 86.8 Å². The van der Waals surface area contributed by atoms with Gasteiger partial charge in [-0.3, -0.25) is 13.9 Å². The van der Waals surface area contributed by atoms with Crippen LogP contribution in [0.3, 0.4) is 0 Å². The molecule has 0 saturated heterocycles. The summed E-state index contributed by atoms with van der Waals surface area (Å²) in [5.41, 5.74) is 4.17. The van der Waals surface area contributed by atoms with Crippen LogP contribution in [-0.4, -0.2) is 44.3 Å². The van der Waals surface area contributed by atoms with Gasteiger partial charge < -0.3 is 10.2 Å². The van der Waals surface area contributed by atoms with Crippen LogP contribution in [0.4, 0.5) is 5.69 Å². The molecule has 3 aromatic rings. The van der Waals surface area contributed by atoms with Gasteiger partial charge in [0.15, 0.2) is 0 Å². The minimum absolute atomic E-state index is 0.0128. The van der Waals surface area contributed by atoms with Crippen molar-refractivity contribution >= 4 is 39.1 Å². The molecule has 0 aromatic heterocycles. The van der Waals surface area contributed by atoms with Crippen molar-refractivity contribution in [3.8, 4) is 0 Å². The standard InChI is InChI=1S/C30H36ClN3O4S/c1-6-28(30(36)32-7-2)33(19-24-11-8-21(3)9-12-24)29(35)20-34(26-15-10-22(4)23(5)18-26)39(37,38)27-16-13-25(31)14-17-27/h8-18,28H,6-7,19-20H2,1-5H3,(H,32,36)/t28-/m1/s1. The third-order valence-electron chi connectivity index (χ3n) is 6.67. The average Bonchev–Trinajstić information content (AvgIpc) is 2.90. The Bertz CT molecular complexity index is 1410. The number of nitrogens with one attached hydrogen (secondary N) is 1. The summed E-state index contributed by atoms with van der Waals surface area (Å²) in [6.45, 7) is 9.55. The summed E-state index contributed by atoms with van der Waals surface area (Å²) in [4.78, 5) is 28.5. The summed E-state index contributed by atoms with van der Waals surface area (Å²) in [7, 11) is -4.14. The highest BCUT2D eigenvalue weighted by Crippen LogP contribution is 2.27. The Labute approximate surface area is 236 Å². The van der Waals surface area contributed by atoms with Gasteiger partial charge in [0, 0.05) is 18.1 Å². The van der Waals surface area contributed by atoms with E-state index in [0.29, 0.717) is 23.7 Å². The van der Waals surface area contributed by atoms with E-state index in [2.05, 4.69) is 5.32 Å². The molecule has 39 heavy (non-hydrogen) atoms. The Morgan fingerprint density at radius 1 is 0.897 bits per heavy atom. The van der Waals surface area contributed by atoms with Crippen LogP contribution in [-0.2, 0) is 26.2 Å². The van der Waals surface area contributed by atoms with Crippen molar-refractivity contribution in [2.24, 2.45) is 0 Å². The SMILES string of the molecule is CCNC(=O)[C@@H](CC)N(Cc1ccc(C)cc1)C(=O)CN(c1ccc(C)c(C)c1)S(=O)(=O)c1ccc(Cl)cc1. The monoisotopic (exact) mass is 569 g/mol. The number of aryl methyl sites for hydroxylation is 3. The zero-order valence-corrected chi connectivity index (χ0v) is 24.6. The number of amides is 2. The second kappa shape index (κ2) is 13.1. The van der Waals surface area contributed by atoms with E-state index in [1.54, 1.807) is 12.1 Å². The molecule has 2 amide bonds. The fraction of sp³-hybridized carbons (Fsp3) is 0.333. The van der Waals surface area contributed by atoms with Gasteiger partial charge in [-0.05, 0) is 87.2 Å². The summed E-state index contributed by atoms with van der Waals surface area (Å²) < 4.78 is 28.9. The van der Waals surface area contributed by atoms with Crippen molar-refractivity contribution in [3.05, 3.63) is 94.0 Å². The largest absolute Gasteiger partial charge is 0.355 e. The first-order chi connectivity index (χ1) is 18.5. The number of benzene rings is 3. The Kier molecular flexibility index (Phi) is 10.2. The Hall–Kier alpha value is -3.36. The molecule has 0 unspecified atom stereocenters. The van der Waals surface area contributed by atoms with Crippen molar-refractivity contribution < 1.29 is 18.0 Å². The zero-order valence-electron chi connectivity index (χ0n) is 23.1. The third-order valence-corrected chi connectivity index (χ3v) is 8.71. The molecule has 3 aromatic carbocycles. The van der Waals surface area contributed by atoms with E-state index in [4.69, 9.17) is 11.6 Å². The van der Waals surface area contributed by atoms with Crippen molar-refractivity contribution in [1.29, 1.82) is 0 Å². The van der Waals surface area contributed by atoms with E-state index in [0.717, 1.165) is 26.6 Å². The molecule has 0 saturated carbocycles. The number of nitrogens with zero attached hydrogens (tertiary/aromatic N) is 2. The van der Waals surface area contributed by atoms with E-state index in [1.165, 1.54) is 29.2 Å². The first kappa shape index (κ1) is 30.2. The highest BCUT2D eigenvalue weighted by molar-refractivity contribution is 7.92. The van der Waals surface area contributed by atoms with Crippen LogP contribution < -0.4 is 9.62 Å². The highest BCUT2D eigenvalue weighted by Gasteiger charge is 2.33. The number of hydrogen-bond acceptors (Lipinski definition) is 4. The van der Waals surface area contributed by atoms with Gasteiger partial charge in [-0.1, -0.05) is 54.4 Å². The zero-order chi connectivity index (χ0) is 28.7. The Balaban J connectivity index is 2.08. The number of rotatable bonds is 11. The second-order valence-electron chi connectivity index (χ2n) is 9.56. The van der Waals surface area contributed by atoms with Gasteiger partial charge in [0.1, 0.15) is 12.6 Å². The van der Waals surface area contributed by atoms with E-state index in [1.807, 2.05) is 65.0 Å². The van der Waals surface area contributed by atoms with Crippen molar-refractivity contribution in [2.45, 2.75) is 58.5 Å². The number of carbonyl (C=O) groups excluding carboxylic acids is 2. The smallest absolute Gasteiger partial charge is 0.264 e. The van der Waals surface area contributed by atoms with Crippen molar-refractivity contribution in [2.75, 3.05) is 17.4 Å². The van der Waals surface area contributed by atoms with Crippen LogP contribution in [0.25, 0.3) is 0 Å². The molecule has 9 heteroatoms. The van der Waals surface area contributed by atoms with E-state index in [-0.39, 0.29) is 17.3 Å². The lowest BCUT2D eigenvalue weighted by Crippen LogP contribution is -2.52. The van der Waals surface area contributed by atoms with Crippen LogP contribution in [0.15, 0.2) is 71.6 Å². The van der Waals surface area contributed by atoms with Gasteiger partial charge >= 0.3 is 0 Å². The summed E-state index contributed by atoms with van der Waals surface area (Å²) in [5.74, 6) is -0.761. The van der Waals surface area contributed by atoms with Gasteiger partial charge in [0.2, 0.25) is 11.8 Å². The molecule has 208 valence electrons. The van der Waals surface area contributed by atoms with Crippen molar-refractivity contribution in [1.82, 2.24) is 10.2 Å².